The van der Waals surface area contributed by atoms with Crippen LogP contribution >= 0.6 is 0 Å². The molecular formula is C15H12N2O. The molecule has 3 rings (SSSR count). The highest BCUT2D eigenvalue weighted by molar-refractivity contribution is 6.04. The van der Waals surface area contributed by atoms with Crippen LogP contribution in [0.3, 0.4) is 0 Å². The molecule has 2 aromatic carbocycles. The van der Waals surface area contributed by atoms with Crippen molar-refractivity contribution in [2.75, 3.05) is 4.90 Å². The van der Waals surface area contributed by atoms with Crippen molar-refractivity contribution in [1.82, 2.24) is 0 Å². The van der Waals surface area contributed by atoms with E-state index in [1.165, 1.54) is 0 Å². The average molecular weight is 246 g/mol. The van der Waals surface area contributed by atoms with Crippen molar-refractivity contribution in [3.63, 3.8) is 0 Å². The van der Waals surface area contributed by atoms with Gasteiger partial charge in [0.2, 0.25) is 0 Å². The van der Waals surface area contributed by atoms with E-state index in [0.717, 1.165) is 0 Å². The first-order valence-corrected chi connectivity index (χ1v) is 4.91. The highest BCUT2D eigenvalue weighted by Crippen LogP contribution is 2.35. The molecule has 3 heteroatoms. The van der Waals surface area contributed by atoms with Crippen LogP contribution in [0, 0.1) is 0 Å². The molecule has 0 atom stereocenters. The van der Waals surface area contributed by atoms with Crippen LogP contribution in [0.5, 0.6) is 0 Å². The second-order valence-corrected chi connectivity index (χ2v) is 3.37. The third kappa shape index (κ3) is 1.57. The summed E-state index contributed by atoms with van der Waals surface area (Å²) < 4.78 is 80.3. The van der Waals surface area contributed by atoms with Crippen LogP contribution in [0.4, 0.5) is 16.2 Å². The second kappa shape index (κ2) is 4.04. The summed E-state index contributed by atoms with van der Waals surface area (Å²) >= 11 is 0. The minimum atomic E-state index is -1.29. The third-order valence-electron chi connectivity index (χ3n) is 2.32. The fourth-order valence-corrected chi connectivity index (χ4v) is 1.59. The minimum Gasteiger partial charge on any atom is -0.351 e. The lowest BCUT2D eigenvalue weighted by Crippen LogP contribution is -2.32. The fraction of sp³-hybridized carbons (Fsp3) is 0. The summed E-state index contributed by atoms with van der Waals surface area (Å²) in [6, 6.07) is -8.43. The van der Waals surface area contributed by atoms with Gasteiger partial charge in [-0.1, -0.05) is 48.4 Å². The zero-order valence-electron chi connectivity index (χ0n) is 18.9. The Kier molecular flexibility index (Phi) is 0.960. The SMILES string of the molecule is [2H]C1=C([2H])c2c([2H])c([2H])c([2H])c([2H])c2N(C(N)=O)c2c([2H])c([2H])c([2H])c([2H])c21. The Hall–Kier alpha value is -2.55. The number of rotatable bonds is 0. The molecule has 2 aromatic rings. The van der Waals surface area contributed by atoms with Gasteiger partial charge in [-0.3, -0.25) is 4.90 Å². The third-order valence-corrected chi connectivity index (χ3v) is 2.32. The minimum absolute atomic E-state index is 0.497. The number of benzene rings is 2. The predicted molar refractivity (Wildman–Crippen MR) is 73.5 cm³/mol. The van der Waals surface area contributed by atoms with Crippen molar-refractivity contribution in [1.29, 1.82) is 0 Å². The number of nitrogens with two attached hydrogens (primary N) is 1. The number of para-hydroxylation sites is 2. The van der Waals surface area contributed by atoms with Gasteiger partial charge in [-0.25, -0.2) is 4.79 Å². The summed E-state index contributed by atoms with van der Waals surface area (Å²) in [4.78, 5) is 12.8. The number of hydrogen-bond donors (Lipinski definition) is 1. The molecule has 0 aliphatic carbocycles. The molecule has 0 spiro atoms. The van der Waals surface area contributed by atoms with Gasteiger partial charge in [-0.2, -0.15) is 0 Å². The Morgan fingerprint density at radius 3 is 1.83 bits per heavy atom. The van der Waals surface area contributed by atoms with E-state index in [0.29, 0.717) is 4.90 Å². The maximum atomic E-state index is 12.3. The Bertz CT molecular complexity index is 1030. The van der Waals surface area contributed by atoms with E-state index in [1.807, 2.05) is 0 Å². The fourth-order valence-electron chi connectivity index (χ4n) is 1.59. The quantitative estimate of drug-likeness (QED) is 0.761. The highest BCUT2D eigenvalue weighted by Gasteiger charge is 2.21. The normalized spacial score (nSPS) is 21.4. The van der Waals surface area contributed by atoms with Gasteiger partial charge < -0.3 is 5.73 Å². The van der Waals surface area contributed by atoms with Gasteiger partial charge in [-0.15, -0.1) is 0 Å². The van der Waals surface area contributed by atoms with E-state index < -0.39 is 89.0 Å². The van der Waals surface area contributed by atoms with E-state index in [4.69, 9.17) is 19.4 Å². The number of primary amides is 1. The Labute approximate surface area is 119 Å². The molecule has 0 bridgehead atoms. The van der Waals surface area contributed by atoms with Crippen LogP contribution in [0.25, 0.3) is 12.1 Å². The van der Waals surface area contributed by atoms with Crippen molar-refractivity contribution in [3.05, 3.63) is 59.5 Å². The van der Waals surface area contributed by atoms with E-state index in [2.05, 4.69) is 0 Å². The summed E-state index contributed by atoms with van der Waals surface area (Å²) in [5.74, 6) is 0. The van der Waals surface area contributed by atoms with Gasteiger partial charge >= 0.3 is 6.03 Å². The van der Waals surface area contributed by atoms with E-state index in [9.17, 15) is 4.79 Å². The first-order chi connectivity index (χ1) is 12.9. The molecule has 1 heterocycles. The number of hydrogen-bond acceptors (Lipinski definition) is 1. The number of nitrogens with zero attached hydrogens (tertiary/aromatic N) is 1. The van der Waals surface area contributed by atoms with Gasteiger partial charge in [0.25, 0.3) is 0 Å². The van der Waals surface area contributed by atoms with Crippen LogP contribution in [-0.4, -0.2) is 6.03 Å². The first kappa shape index (κ1) is 4.28. The molecule has 2 amide bonds. The highest BCUT2D eigenvalue weighted by atomic mass is 16.2. The first-order valence-electron chi connectivity index (χ1n) is 9.91. The maximum absolute atomic E-state index is 12.3. The van der Waals surface area contributed by atoms with Gasteiger partial charge in [0, 0.05) is 0 Å². The van der Waals surface area contributed by atoms with Crippen molar-refractivity contribution in [2.45, 2.75) is 0 Å². The van der Waals surface area contributed by atoms with Crippen molar-refractivity contribution < 1.29 is 18.5 Å². The molecule has 18 heavy (non-hydrogen) atoms. The second-order valence-electron chi connectivity index (χ2n) is 3.37. The number of carbonyl (C=O) groups excluding carboxylic acids is 1. The molecule has 0 radical (unpaired) electrons. The topological polar surface area (TPSA) is 46.3 Å². The van der Waals surface area contributed by atoms with Crippen molar-refractivity contribution in [3.8, 4) is 0 Å². The zero-order chi connectivity index (χ0) is 21.2. The van der Waals surface area contributed by atoms with Gasteiger partial charge in [0.1, 0.15) is 0 Å². The largest absolute Gasteiger partial charge is 0.351 e. The van der Waals surface area contributed by atoms with Crippen LogP contribution < -0.4 is 10.6 Å². The smallest absolute Gasteiger partial charge is 0.323 e. The van der Waals surface area contributed by atoms with E-state index in [1.54, 1.807) is 0 Å². The number of fused-ring (bicyclic) bond motifs is 2. The molecule has 88 valence electrons. The Morgan fingerprint density at radius 2 is 1.39 bits per heavy atom. The van der Waals surface area contributed by atoms with Gasteiger partial charge in [0.15, 0.2) is 0 Å². The lowest BCUT2D eigenvalue weighted by Gasteiger charge is -2.22. The molecule has 0 unspecified atom stereocenters. The molecule has 0 saturated heterocycles. The number of amides is 2. The maximum Gasteiger partial charge on any atom is 0.323 e. The van der Waals surface area contributed by atoms with Crippen molar-refractivity contribution >= 4 is 29.5 Å². The number of carbonyl (C=O) groups is 1. The monoisotopic (exact) mass is 246 g/mol. The average Bonchev–Trinajstić information content (AvgIpc) is 2.74. The zero-order valence-corrected chi connectivity index (χ0v) is 8.93. The summed E-state index contributed by atoms with van der Waals surface area (Å²) in [5, 5.41) is 0. The van der Waals surface area contributed by atoms with Crippen molar-refractivity contribution in [2.24, 2.45) is 5.73 Å². The summed E-state index contributed by atoms with van der Waals surface area (Å²) in [5.41, 5.74) is 3.33. The Morgan fingerprint density at radius 1 is 0.944 bits per heavy atom. The molecule has 3 nitrogen and oxygen atoms in total. The van der Waals surface area contributed by atoms with E-state index in [-0.39, 0.29) is 0 Å². The lowest BCUT2D eigenvalue weighted by molar-refractivity contribution is 0.256. The number of anilines is 2. The van der Waals surface area contributed by atoms with Crippen LogP contribution in [0.15, 0.2) is 48.3 Å². The molecule has 2 N–H and O–H groups in total. The van der Waals surface area contributed by atoms with E-state index >= 15 is 0 Å². The number of urea groups is 1. The predicted octanol–water partition coefficient (Wildman–Crippen LogP) is 3.39. The molecule has 0 fully saturated rings. The molecule has 0 saturated carbocycles. The molecule has 0 aromatic heterocycles. The van der Waals surface area contributed by atoms with Gasteiger partial charge in [0.05, 0.1) is 25.1 Å². The summed E-state index contributed by atoms with van der Waals surface area (Å²) in [6.45, 7) is 0. The summed E-state index contributed by atoms with van der Waals surface area (Å²) in [6.07, 6.45) is 0. The van der Waals surface area contributed by atoms with Crippen LogP contribution in [0.1, 0.15) is 24.8 Å². The Balaban J connectivity index is 2.69. The van der Waals surface area contributed by atoms with Crippen LogP contribution in [0.2, 0.25) is 0 Å². The lowest BCUT2D eigenvalue weighted by atomic mass is 10.1. The molecular weight excluding hydrogens is 224 g/mol. The standard InChI is InChI=1S/C15H12N2O/c16-15(18)17-13-7-3-1-5-11(13)9-10-12-6-2-4-8-14(12)17/h1-10H,(H2,16,18)/i1D,2D,3D,4D,5D,6D,7D,8D,9D,10D. The van der Waals surface area contributed by atoms with Gasteiger partial charge in [-0.05, 0) is 23.2 Å². The molecule has 1 aliphatic heterocycles. The summed E-state index contributed by atoms with van der Waals surface area (Å²) in [7, 11) is 0. The van der Waals surface area contributed by atoms with Crippen LogP contribution in [-0.2, 0) is 0 Å². The molecule has 1 aliphatic rings.